The number of hydrogen-bond donors (Lipinski definition) is 2. The number of carbonyl (C=O) groups excluding carboxylic acids is 1. The lowest BCUT2D eigenvalue weighted by Gasteiger charge is -2.25. The van der Waals surface area contributed by atoms with Crippen LogP contribution < -0.4 is 5.32 Å². The van der Waals surface area contributed by atoms with Crippen LogP contribution in [0.1, 0.15) is 20.3 Å². The quantitative estimate of drug-likeness (QED) is 0.621. The minimum Gasteiger partial charge on any atom is -0.480 e. The number of ether oxygens (including phenoxy) is 2. The van der Waals surface area contributed by atoms with Crippen LogP contribution in [0.3, 0.4) is 0 Å². The van der Waals surface area contributed by atoms with Gasteiger partial charge in [-0.25, -0.2) is 9.59 Å². The third kappa shape index (κ3) is 7.96. The Morgan fingerprint density at radius 3 is 2.00 bits per heavy atom. The molecule has 0 aliphatic rings. The first kappa shape index (κ1) is 18.7. The molecule has 0 aliphatic heterocycles. The molecular formula is C13H26N2O5. The molecule has 2 N–H and O–H groups in total. The Morgan fingerprint density at radius 1 is 1.15 bits per heavy atom. The first-order valence-electron chi connectivity index (χ1n) is 6.68. The summed E-state index contributed by atoms with van der Waals surface area (Å²) in [5.41, 5.74) is 0. The largest absolute Gasteiger partial charge is 0.480 e. The summed E-state index contributed by atoms with van der Waals surface area (Å²) in [5.74, 6) is -0.840. The molecule has 118 valence electrons. The maximum absolute atomic E-state index is 12.1. The summed E-state index contributed by atoms with van der Waals surface area (Å²) in [4.78, 5) is 24.7. The molecule has 0 aromatic rings. The summed E-state index contributed by atoms with van der Waals surface area (Å²) in [6, 6.07) is -1.29. The Labute approximate surface area is 120 Å². The number of amides is 2. The van der Waals surface area contributed by atoms with Gasteiger partial charge < -0.3 is 24.8 Å². The molecule has 0 aromatic carbocycles. The number of rotatable bonds is 10. The van der Waals surface area contributed by atoms with E-state index >= 15 is 0 Å². The Bertz CT molecular complexity index is 288. The fourth-order valence-corrected chi connectivity index (χ4v) is 1.65. The molecule has 0 spiro atoms. The van der Waals surface area contributed by atoms with E-state index in [1.165, 1.54) is 4.90 Å². The van der Waals surface area contributed by atoms with Gasteiger partial charge in [0.25, 0.3) is 0 Å². The van der Waals surface area contributed by atoms with Crippen molar-refractivity contribution in [1.29, 1.82) is 0 Å². The molecule has 0 unspecified atom stereocenters. The van der Waals surface area contributed by atoms with Gasteiger partial charge in [0.2, 0.25) is 0 Å². The lowest BCUT2D eigenvalue weighted by Crippen LogP contribution is -2.50. The van der Waals surface area contributed by atoms with Gasteiger partial charge >= 0.3 is 12.0 Å². The lowest BCUT2D eigenvalue weighted by molar-refractivity contribution is -0.139. The van der Waals surface area contributed by atoms with Crippen LogP contribution in [-0.4, -0.2) is 68.6 Å². The van der Waals surface area contributed by atoms with E-state index in [2.05, 4.69) is 5.32 Å². The molecule has 7 heteroatoms. The summed E-state index contributed by atoms with van der Waals surface area (Å²) in [7, 11) is 3.09. The SMILES string of the molecule is COCCN(CCOC)C(=O)N[C@H](CC(C)C)C(=O)O. The summed E-state index contributed by atoms with van der Waals surface area (Å²) >= 11 is 0. The maximum atomic E-state index is 12.1. The maximum Gasteiger partial charge on any atom is 0.326 e. The van der Waals surface area contributed by atoms with Gasteiger partial charge in [0.05, 0.1) is 13.2 Å². The second-order valence-corrected chi connectivity index (χ2v) is 4.94. The van der Waals surface area contributed by atoms with Crippen molar-refractivity contribution in [2.45, 2.75) is 26.3 Å². The molecule has 0 aliphatic carbocycles. The highest BCUT2D eigenvalue weighted by molar-refractivity contribution is 5.82. The standard InChI is InChI=1S/C13H26N2O5/c1-10(2)9-11(12(16)17)14-13(18)15(5-7-19-3)6-8-20-4/h10-11H,5-9H2,1-4H3,(H,14,18)(H,16,17)/t11-/m1/s1. The summed E-state index contributed by atoms with van der Waals surface area (Å²) in [6.45, 7) is 5.38. The van der Waals surface area contributed by atoms with Gasteiger partial charge in [-0.1, -0.05) is 13.8 Å². The number of aliphatic carboxylic acids is 1. The molecule has 2 amide bonds. The molecule has 20 heavy (non-hydrogen) atoms. The average Bonchev–Trinajstić information content (AvgIpc) is 2.37. The highest BCUT2D eigenvalue weighted by atomic mass is 16.5. The van der Waals surface area contributed by atoms with Crippen LogP contribution in [0.15, 0.2) is 0 Å². The van der Waals surface area contributed by atoms with Crippen molar-refractivity contribution in [3.05, 3.63) is 0 Å². The van der Waals surface area contributed by atoms with E-state index in [1.54, 1.807) is 14.2 Å². The monoisotopic (exact) mass is 290 g/mol. The molecule has 0 aromatic heterocycles. The Balaban J connectivity index is 4.55. The van der Waals surface area contributed by atoms with Gasteiger partial charge in [0, 0.05) is 27.3 Å². The minimum atomic E-state index is -1.02. The normalized spacial score (nSPS) is 12.2. The predicted octanol–water partition coefficient (Wildman–Crippen LogP) is 0.790. The smallest absolute Gasteiger partial charge is 0.326 e. The lowest BCUT2D eigenvalue weighted by atomic mass is 10.0. The minimum absolute atomic E-state index is 0.183. The highest BCUT2D eigenvalue weighted by Gasteiger charge is 2.23. The zero-order valence-electron chi connectivity index (χ0n) is 12.7. The highest BCUT2D eigenvalue weighted by Crippen LogP contribution is 2.05. The first-order chi connectivity index (χ1) is 9.42. The zero-order valence-corrected chi connectivity index (χ0v) is 12.7. The Kier molecular flexibility index (Phi) is 9.75. The van der Waals surface area contributed by atoms with Gasteiger partial charge in [-0.3, -0.25) is 0 Å². The van der Waals surface area contributed by atoms with E-state index in [0.29, 0.717) is 32.7 Å². The number of urea groups is 1. The summed E-state index contributed by atoms with van der Waals surface area (Å²) in [5, 5.41) is 11.7. The fourth-order valence-electron chi connectivity index (χ4n) is 1.65. The zero-order chi connectivity index (χ0) is 15.5. The fraction of sp³-hybridized carbons (Fsp3) is 0.846. The van der Waals surface area contributed by atoms with Gasteiger partial charge in [-0.05, 0) is 12.3 Å². The molecule has 0 fully saturated rings. The van der Waals surface area contributed by atoms with E-state index in [-0.39, 0.29) is 5.92 Å². The second-order valence-electron chi connectivity index (χ2n) is 4.94. The number of nitrogens with zero attached hydrogens (tertiary/aromatic N) is 1. The van der Waals surface area contributed by atoms with Crippen molar-refractivity contribution < 1.29 is 24.2 Å². The van der Waals surface area contributed by atoms with Crippen molar-refractivity contribution in [2.75, 3.05) is 40.5 Å². The van der Waals surface area contributed by atoms with Gasteiger partial charge in [0.15, 0.2) is 0 Å². The Morgan fingerprint density at radius 2 is 1.65 bits per heavy atom. The van der Waals surface area contributed by atoms with Crippen molar-refractivity contribution >= 4 is 12.0 Å². The molecule has 0 rings (SSSR count). The molecule has 0 saturated carbocycles. The molecule has 7 nitrogen and oxygen atoms in total. The number of carboxylic acid groups (broad SMARTS) is 1. The Hall–Kier alpha value is -1.34. The van der Waals surface area contributed by atoms with Crippen LogP contribution in [0.2, 0.25) is 0 Å². The van der Waals surface area contributed by atoms with E-state index < -0.39 is 18.0 Å². The third-order valence-corrected chi connectivity index (χ3v) is 2.72. The van der Waals surface area contributed by atoms with E-state index in [1.807, 2.05) is 13.8 Å². The number of methoxy groups -OCH3 is 2. The summed E-state index contributed by atoms with van der Waals surface area (Å²) in [6.07, 6.45) is 0.392. The number of carboxylic acids is 1. The second kappa shape index (κ2) is 10.4. The van der Waals surface area contributed by atoms with Crippen LogP contribution in [0.4, 0.5) is 4.79 Å². The third-order valence-electron chi connectivity index (χ3n) is 2.72. The van der Waals surface area contributed by atoms with Crippen LogP contribution in [0, 0.1) is 5.92 Å². The van der Waals surface area contributed by atoms with Crippen LogP contribution >= 0.6 is 0 Å². The number of hydrogen-bond acceptors (Lipinski definition) is 4. The number of nitrogens with one attached hydrogen (secondary N) is 1. The summed E-state index contributed by atoms with van der Waals surface area (Å²) < 4.78 is 9.88. The van der Waals surface area contributed by atoms with E-state index in [0.717, 1.165) is 0 Å². The van der Waals surface area contributed by atoms with Gasteiger partial charge in [-0.2, -0.15) is 0 Å². The number of carbonyl (C=O) groups is 2. The molecule has 0 saturated heterocycles. The van der Waals surface area contributed by atoms with E-state index in [9.17, 15) is 9.59 Å². The van der Waals surface area contributed by atoms with Crippen LogP contribution in [0.25, 0.3) is 0 Å². The van der Waals surface area contributed by atoms with Crippen molar-refractivity contribution in [2.24, 2.45) is 5.92 Å². The molecule has 0 radical (unpaired) electrons. The van der Waals surface area contributed by atoms with Crippen LogP contribution in [0.5, 0.6) is 0 Å². The van der Waals surface area contributed by atoms with Crippen molar-refractivity contribution in [3.8, 4) is 0 Å². The van der Waals surface area contributed by atoms with Crippen molar-refractivity contribution in [1.82, 2.24) is 10.2 Å². The van der Waals surface area contributed by atoms with Crippen molar-refractivity contribution in [3.63, 3.8) is 0 Å². The average molecular weight is 290 g/mol. The molecular weight excluding hydrogens is 264 g/mol. The van der Waals surface area contributed by atoms with E-state index in [4.69, 9.17) is 14.6 Å². The molecule has 0 heterocycles. The van der Waals surface area contributed by atoms with Gasteiger partial charge in [0.1, 0.15) is 6.04 Å². The topological polar surface area (TPSA) is 88.1 Å². The molecule has 0 bridgehead atoms. The van der Waals surface area contributed by atoms with Crippen LogP contribution in [-0.2, 0) is 14.3 Å². The van der Waals surface area contributed by atoms with Gasteiger partial charge in [-0.15, -0.1) is 0 Å². The molecule has 1 atom stereocenters. The predicted molar refractivity (Wildman–Crippen MR) is 74.7 cm³/mol. The first-order valence-corrected chi connectivity index (χ1v) is 6.68.